The summed E-state index contributed by atoms with van der Waals surface area (Å²) in [5.41, 5.74) is 0.819. The van der Waals surface area contributed by atoms with E-state index in [1.54, 1.807) is 36.2 Å². The van der Waals surface area contributed by atoms with Gasteiger partial charge >= 0.3 is 0 Å². The van der Waals surface area contributed by atoms with Gasteiger partial charge in [0, 0.05) is 29.8 Å². The van der Waals surface area contributed by atoms with Crippen molar-refractivity contribution in [2.24, 2.45) is 5.92 Å². The van der Waals surface area contributed by atoms with Gasteiger partial charge in [0.2, 0.25) is 5.78 Å². The standard InChI is InChI=1S/C26H23N3O8S/c1-29-14-3-2-4-16(30)18(14)21(32)19-15(29)9-12-10-17(31)20(23(34)26(12,37)22(19)33)25(36)28-27-24(35)11-5-7-13(38)8-6-11/h2-8,12,15,30-31,33,37-38H,9-10H2,1H3,(H,27,35)(H,28,36). The summed E-state index contributed by atoms with van der Waals surface area (Å²) in [4.78, 5) is 54.2. The molecule has 0 spiro atoms. The molecule has 1 heterocycles. The van der Waals surface area contributed by atoms with Crippen molar-refractivity contribution in [2.75, 3.05) is 11.9 Å². The number of nitrogens with zero attached hydrogens (tertiary/aromatic N) is 1. The maximum atomic E-state index is 13.5. The van der Waals surface area contributed by atoms with Gasteiger partial charge in [-0.05, 0) is 42.8 Å². The van der Waals surface area contributed by atoms with Gasteiger partial charge in [-0.2, -0.15) is 0 Å². The van der Waals surface area contributed by atoms with Gasteiger partial charge in [-0.25, -0.2) is 0 Å². The Morgan fingerprint density at radius 1 is 1.03 bits per heavy atom. The van der Waals surface area contributed by atoms with Gasteiger partial charge in [-0.1, -0.05) is 6.07 Å². The number of hydrazine groups is 1. The van der Waals surface area contributed by atoms with E-state index >= 15 is 0 Å². The number of likely N-dealkylation sites (N-methyl/N-ethyl adjacent to an activating group) is 1. The second-order valence-electron chi connectivity index (χ2n) is 9.40. The second kappa shape index (κ2) is 8.92. The number of aliphatic hydroxyl groups excluding tert-OH is 2. The first kappa shape index (κ1) is 25.4. The first-order chi connectivity index (χ1) is 18.0. The third-order valence-corrected chi connectivity index (χ3v) is 7.63. The van der Waals surface area contributed by atoms with Gasteiger partial charge in [0.1, 0.15) is 22.8 Å². The summed E-state index contributed by atoms with van der Waals surface area (Å²) in [5, 5.41) is 43.6. The Kier molecular flexibility index (Phi) is 5.96. The molecule has 2 aliphatic carbocycles. The predicted octanol–water partition coefficient (Wildman–Crippen LogP) is 1.49. The van der Waals surface area contributed by atoms with Crippen LogP contribution in [0.25, 0.3) is 0 Å². The zero-order valence-electron chi connectivity index (χ0n) is 19.9. The highest BCUT2D eigenvalue weighted by Gasteiger charge is 2.60. The van der Waals surface area contributed by atoms with Crippen LogP contribution in [0.4, 0.5) is 5.69 Å². The molecule has 0 aromatic heterocycles. The fourth-order valence-corrected chi connectivity index (χ4v) is 5.51. The van der Waals surface area contributed by atoms with Gasteiger partial charge in [0.05, 0.1) is 22.9 Å². The number of phenolic OH excluding ortho intramolecular Hbond substituents is 1. The number of benzene rings is 2. The monoisotopic (exact) mass is 537 g/mol. The minimum atomic E-state index is -2.68. The largest absolute Gasteiger partial charge is 0.511 e. The van der Waals surface area contributed by atoms with E-state index in [9.17, 15) is 39.6 Å². The molecule has 0 bridgehead atoms. The number of nitrogens with one attached hydrogen (secondary N) is 2. The summed E-state index contributed by atoms with van der Waals surface area (Å²) in [6.45, 7) is 0. The fraction of sp³-hybridized carbons (Fsp3) is 0.231. The number of phenols is 1. The molecule has 12 heteroatoms. The average Bonchev–Trinajstić information content (AvgIpc) is 2.88. The lowest BCUT2D eigenvalue weighted by Crippen LogP contribution is -2.60. The first-order valence-corrected chi connectivity index (χ1v) is 12.0. The van der Waals surface area contributed by atoms with E-state index in [2.05, 4.69) is 18.1 Å². The van der Waals surface area contributed by atoms with Crippen LogP contribution in [0.3, 0.4) is 0 Å². The number of fused-ring (bicyclic) bond motifs is 3. The minimum Gasteiger partial charge on any atom is -0.511 e. The number of anilines is 1. The third kappa shape index (κ3) is 3.63. The molecular weight excluding hydrogens is 514 g/mol. The third-order valence-electron chi connectivity index (χ3n) is 7.34. The van der Waals surface area contributed by atoms with Gasteiger partial charge in [-0.3, -0.25) is 30.0 Å². The van der Waals surface area contributed by atoms with E-state index in [-0.39, 0.29) is 35.3 Å². The molecule has 0 saturated heterocycles. The molecule has 0 saturated carbocycles. The molecule has 5 rings (SSSR count). The van der Waals surface area contributed by atoms with Crippen molar-refractivity contribution in [3.8, 4) is 5.75 Å². The van der Waals surface area contributed by atoms with E-state index < -0.39 is 58.0 Å². The van der Waals surface area contributed by atoms with Crippen molar-refractivity contribution < 1.29 is 39.6 Å². The predicted molar refractivity (Wildman–Crippen MR) is 136 cm³/mol. The highest BCUT2D eigenvalue weighted by atomic mass is 32.1. The topological polar surface area (TPSA) is 176 Å². The van der Waals surface area contributed by atoms with Crippen molar-refractivity contribution in [3.63, 3.8) is 0 Å². The zero-order chi connectivity index (χ0) is 27.5. The van der Waals surface area contributed by atoms with E-state index in [1.807, 2.05) is 5.43 Å². The second-order valence-corrected chi connectivity index (χ2v) is 9.91. The van der Waals surface area contributed by atoms with Crippen molar-refractivity contribution in [2.45, 2.75) is 29.4 Å². The summed E-state index contributed by atoms with van der Waals surface area (Å²) in [7, 11) is 1.64. The summed E-state index contributed by atoms with van der Waals surface area (Å²) >= 11 is 4.13. The van der Waals surface area contributed by atoms with Crippen LogP contribution in [0.1, 0.15) is 33.6 Å². The molecule has 2 aromatic carbocycles. The Balaban J connectivity index is 1.46. The van der Waals surface area contributed by atoms with Crippen LogP contribution in [0.15, 0.2) is 70.0 Å². The first-order valence-electron chi connectivity index (χ1n) is 11.6. The van der Waals surface area contributed by atoms with Crippen LogP contribution in [0, 0.1) is 5.92 Å². The summed E-state index contributed by atoms with van der Waals surface area (Å²) in [5.74, 6) is -6.98. The molecule has 3 aliphatic rings. The molecule has 1 aliphatic heterocycles. The van der Waals surface area contributed by atoms with E-state index in [0.717, 1.165) is 0 Å². The van der Waals surface area contributed by atoms with Crippen molar-refractivity contribution in [1.29, 1.82) is 0 Å². The Hall–Kier alpha value is -4.29. The van der Waals surface area contributed by atoms with Gasteiger partial charge < -0.3 is 25.3 Å². The molecule has 3 unspecified atom stereocenters. The number of ketones is 2. The molecule has 6 N–H and O–H groups in total. The van der Waals surface area contributed by atoms with Crippen molar-refractivity contribution in [1.82, 2.24) is 10.9 Å². The maximum absolute atomic E-state index is 13.5. The molecule has 11 nitrogen and oxygen atoms in total. The number of Topliss-reactive ketones (excluding diaryl/α,β-unsaturated/α-hetero) is 2. The van der Waals surface area contributed by atoms with Gasteiger partial charge in [0.25, 0.3) is 11.8 Å². The Labute approximate surface area is 221 Å². The van der Waals surface area contributed by atoms with Crippen LogP contribution in [-0.2, 0) is 9.59 Å². The van der Waals surface area contributed by atoms with Crippen LogP contribution < -0.4 is 15.8 Å². The summed E-state index contributed by atoms with van der Waals surface area (Å²) < 4.78 is 0. The number of amides is 2. The summed E-state index contributed by atoms with van der Waals surface area (Å²) in [6.07, 6.45) is -0.374. The van der Waals surface area contributed by atoms with Crippen LogP contribution in [0.5, 0.6) is 5.75 Å². The molecule has 2 amide bonds. The molecule has 38 heavy (non-hydrogen) atoms. The number of hydrogen-bond donors (Lipinski definition) is 7. The lowest BCUT2D eigenvalue weighted by atomic mass is 9.63. The number of aromatic hydroxyl groups is 1. The molecule has 0 fully saturated rings. The average molecular weight is 538 g/mol. The molecule has 2 aromatic rings. The summed E-state index contributed by atoms with van der Waals surface area (Å²) in [6, 6.07) is 9.75. The SMILES string of the molecule is CN1c2cccc(O)c2C(=O)C2=C(O)C3(O)C(=O)C(C(=O)NNC(=O)c4ccc(S)cc4)=C(O)CC3CC21. The number of carbonyl (C=O) groups excluding carboxylic acids is 4. The Morgan fingerprint density at radius 3 is 2.37 bits per heavy atom. The van der Waals surface area contributed by atoms with E-state index in [4.69, 9.17) is 0 Å². The van der Waals surface area contributed by atoms with Crippen LogP contribution in [0.2, 0.25) is 0 Å². The molecule has 196 valence electrons. The van der Waals surface area contributed by atoms with Crippen LogP contribution in [-0.4, -0.2) is 62.5 Å². The maximum Gasteiger partial charge on any atom is 0.276 e. The van der Waals surface area contributed by atoms with Gasteiger partial charge in [-0.15, -0.1) is 12.6 Å². The molecular formula is C26H23N3O8S. The lowest BCUT2D eigenvalue weighted by Gasteiger charge is -2.48. The zero-order valence-corrected chi connectivity index (χ0v) is 20.8. The fourth-order valence-electron chi connectivity index (χ4n) is 5.36. The molecule has 0 radical (unpaired) electrons. The van der Waals surface area contributed by atoms with Gasteiger partial charge in [0.15, 0.2) is 11.4 Å². The van der Waals surface area contributed by atoms with Crippen molar-refractivity contribution >= 4 is 41.7 Å². The number of rotatable bonds is 2. The number of allylic oxidation sites excluding steroid dienone is 1. The highest BCUT2D eigenvalue weighted by Crippen LogP contribution is 2.50. The quantitative estimate of drug-likeness (QED) is 0.170. The minimum absolute atomic E-state index is 0.0181. The number of carbonyl (C=O) groups is 4. The highest BCUT2D eigenvalue weighted by molar-refractivity contribution is 7.80. The van der Waals surface area contributed by atoms with Crippen LogP contribution >= 0.6 is 12.6 Å². The lowest BCUT2D eigenvalue weighted by molar-refractivity contribution is -0.144. The van der Waals surface area contributed by atoms with E-state index in [0.29, 0.717) is 10.6 Å². The number of aliphatic hydroxyl groups is 3. The number of thiol groups is 1. The normalized spacial score (nSPS) is 24.4. The smallest absolute Gasteiger partial charge is 0.276 e. The van der Waals surface area contributed by atoms with Crippen molar-refractivity contribution in [3.05, 3.63) is 76.3 Å². The molecule has 3 atom stereocenters. The Morgan fingerprint density at radius 2 is 1.68 bits per heavy atom. The number of hydrogen-bond acceptors (Lipinski definition) is 10. The van der Waals surface area contributed by atoms with E-state index in [1.165, 1.54) is 18.2 Å². The Bertz CT molecular complexity index is 1480.